The van der Waals surface area contributed by atoms with Crippen molar-refractivity contribution in [3.05, 3.63) is 99.6 Å². The molecule has 0 heterocycles. The number of non-ortho nitro benzene ring substituents is 1. The van der Waals surface area contributed by atoms with Crippen LogP contribution < -0.4 is 5.73 Å². The first-order chi connectivity index (χ1) is 12.6. The Bertz CT molecular complexity index is 942. The lowest BCUT2D eigenvalue weighted by molar-refractivity contribution is -0.384. The molecule has 0 aliphatic heterocycles. The largest absolute Gasteiger partial charge is 0.399 e. The Hall–Kier alpha value is -3.73. The number of nitrogens with zero attached hydrogens (tertiary/aromatic N) is 2. The third-order valence-corrected chi connectivity index (χ3v) is 3.76. The lowest BCUT2D eigenvalue weighted by atomic mass is 10.1. The topological polar surface area (TPSA) is 81.5 Å². The fraction of sp³-hybridized carbons (Fsp3) is 0. The third kappa shape index (κ3) is 4.64. The van der Waals surface area contributed by atoms with Crippen molar-refractivity contribution in [2.75, 3.05) is 5.73 Å². The molecule has 0 aliphatic carbocycles. The highest BCUT2D eigenvalue weighted by Gasteiger charge is 2.02. The van der Waals surface area contributed by atoms with Gasteiger partial charge in [-0.1, -0.05) is 36.4 Å². The van der Waals surface area contributed by atoms with Crippen molar-refractivity contribution in [1.29, 1.82) is 0 Å². The third-order valence-electron chi connectivity index (χ3n) is 3.76. The minimum atomic E-state index is -0.419. The zero-order valence-electron chi connectivity index (χ0n) is 13.9. The average molecular weight is 343 g/mol. The van der Waals surface area contributed by atoms with Crippen LogP contribution in [-0.4, -0.2) is 11.1 Å². The fourth-order valence-corrected chi connectivity index (χ4v) is 2.30. The Balaban J connectivity index is 1.65. The first-order valence-electron chi connectivity index (χ1n) is 8.02. The highest BCUT2D eigenvalue weighted by atomic mass is 16.6. The van der Waals surface area contributed by atoms with Crippen molar-refractivity contribution in [2.45, 2.75) is 0 Å². The predicted molar refractivity (Wildman–Crippen MR) is 107 cm³/mol. The summed E-state index contributed by atoms with van der Waals surface area (Å²) in [5, 5.41) is 10.6. The van der Waals surface area contributed by atoms with E-state index in [1.54, 1.807) is 18.3 Å². The minimum absolute atomic E-state index is 0.0689. The number of nitro groups is 1. The van der Waals surface area contributed by atoms with E-state index in [1.165, 1.54) is 12.1 Å². The summed E-state index contributed by atoms with van der Waals surface area (Å²) in [4.78, 5) is 14.6. The Morgan fingerprint density at radius 2 is 1.27 bits per heavy atom. The Kier molecular flexibility index (Phi) is 5.19. The number of nitro benzene ring substituents is 1. The molecule has 2 N–H and O–H groups in total. The van der Waals surface area contributed by atoms with E-state index in [2.05, 4.69) is 4.99 Å². The molecule has 0 amide bonds. The van der Waals surface area contributed by atoms with Crippen LogP contribution in [0.5, 0.6) is 0 Å². The summed E-state index contributed by atoms with van der Waals surface area (Å²) in [6.07, 6.45) is 5.73. The molecule has 0 aliphatic rings. The first-order valence-corrected chi connectivity index (χ1v) is 8.02. The maximum absolute atomic E-state index is 10.6. The lowest BCUT2D eigenvalue weighted by Crippen LogP contribution is -1.88. The van der Waals surface area contributed by atoms with Gasteiger partial charge in [0.15, 0.2) is 0 Å². The molecule has 0 spiro atoms. The zero-order chi connectivity index (χ0) is 18.4. The van der Waals surface area contributed by atoms with E-state index in [0.717, 1.165) is 28.1 Å². The second-order valence-corrected chi connectivity index (χ2v) is 5.70. The van der Waals surface area contributed by atoms with Crippen LogP contribution in [0.25, 0.3) is 12.2 Å². The fourth-order valence-electron chi connectivity index (χ4n) is 2.30. The number of anilines is 1. The molecular weight excluding hydrogens is 326 g/mol. The Morgan fingerprint density at radius 1 is 0.769 bits per heavy atom. The maximum Gasteiger partial charge on any atom is 0.269 e. The van der Waals surface area contributed by atoms with E-state index in [1.807, 2.05) is 60.7 Å². The van der Waals surface area contributed by atoms with Gasteiger partial charge in [-0.25, -0.2) is 0 Å². The Labute approximate surface area is 151 Å². The molecule has 3 rings (SSSR count). The van der Waals surface area contributed by atoms with Crippen molar-refractivity contribution in [2.24, 2.45) is 4.99 Å². The van der Waals surface area contributed by atoms with Gasteiger partial charge < -0.3 is 5.73 Å². The maximum atomic E-state index is 10.6. The molecule has 3 aromatic rings. The molecule has 0 saturated heterocycles. The molecule has 0 fully saturated rings. The van der Waals surface area contributed by atoms with Crippen LogP contribution in [-0.2, 0) is 0 Å². The lowest BCUT2D eigenvalue weighted by Gasteiger charge is -1.98. The summed E-state index contributed by atoms with van der Waals surface area (Å²) in [6, 6.07) is 21.8. The number of nitrogens with two attached hydrogens (primary N) is 1. The molecule has 0 atom stereocenters. The number of aliphatic imine (C=N–C) groups is 1. The number of rotatable bonds is 5. The average Bonchev–Trinajstić information content (AvgIpc) is 2.67. The summed E-state index contributed by atoms with van der Waals surface area (Å²) in [7, 11) is 0. The van der Waals surface area contributed by atoms with Crippen LogP contribution in [0.1, 0.15) is 16.7 Å². The van der Waals surface area contributed by atoms with Gasteiger partial charge in [0.1, 0.15) is 0 Å². The number of hydrogen-bond acceptors (Lipinski definition) is 4. The summed E-state index contributed by atoms with van der Waals surface area (Å²) >= 11 is 0. The summed E-state index contributed by atoms with van der Waals surface area (Å²) in [6.45, 7) is 0. The van der Waals surface area contributed by atoms with Crippen LogP contribution in [0.2, 0.25) is 0 Å². The smallest absolute Gasteiger partial charge is 0.269 e. The van der Waals surface area contributed by atoms with E-state index in [4.69, 9.17) is 5.73 Å². The van der Waals surface area contributed by atoms with Gasteiger partial charge >= 0.3 is 0 Å². The van der Waals surface area contributed by atoms with Gasteiger partial charge in [0, 0.05) is 24.0 Å². The van der Waals surface area contributed by atoms with E-state index >= 15 is 0 Å². The molecule has 5 heteroatoms. The summed E-state index contributed by atoms with van der Waals surface area (Å²) < 4.78 is 0. The van der Waals surface area contributed by atoms with Crippen LogP contribution in [0.3, 0.4) is 0 Å². The van der Waals surface area contributed by atoms with Crippen LogP contribution in [0.4, 0.5) is 17.1 Å². The summed E-state index contributed by atoms with van der Waals surface area (Å²) in [5.74, 6) is 0. The summed E-state index contributed by atoms with van der Waals surface area (Å²) in [5.41, 5.74) is 10.3. The Morgan fingerprint density at radius 3 is 1.81 bits per heavy atom. The SMILES string of the molecule is Nc1ccc(/C=C/c2ccc(N=Cc3ccc([N+](=O)[O-])cc3)cc2)cc1. The van der Waals surface area contributed by atoms with Crippen LogP contribution >= 0.6 is 0 Å². The molecule has 5 nitrogen and oxygen atoms in total. The van der Waals surface area contributed by atoms with E-state index in [9.17, 15) is 10.1 Å². The molecule has 26 heavy (non-hydrogen) atoms. The van der Waals surface area contributed by atoms with Gasteiger partial charge in [0.05, 0.1) is 10.6 Å². The molecule has 3 aromatic carbocycles. The van der Waals surface area contributed by atoms with Gasteiger partial charge in [-0.05, 0) is 53.1 Å². The first kappa shape index (κ1) is 17.1. The van der Waals surface area contributed by atoms with Crippen molar-refractivity contribution in [3.8, 4) is 0 Å². The predicted octanol–water partition coefficient (Wildman–Crippen LogP) is 5.10. The van der Waals surface area contributed by atoms with Gasteiger partial charge in [-0.15, -0.1) is 0 Å². The van der Waals surface area contributed by atoms with Gasteiger partial charge in [0.2, 0.25) is 0 Å². The molecule has 0 aromatic heterocycles. The second kappa shape index (κ2) is 7.90. The van der Waals surface area contributed by atoms with Gasteiger partial charge in [0.25, 0.3) is 5.69 Å². The van der Waals surface area contributed by atoms with Gasteiger partial charge in [-0.2, -0.15) is 0 Å². The molecule has 128 valence electrons. The molecule has 0 unspecified atom stereocenters. The van der Waals surface area contributed by atoms with Crippen molar-refractivity contribution in [1.82, 2.24) is 0 Å². The van der Waals surface area contributed by atoms with Crippen molar-refractivity contribution < 1.29 is 4.92 Å². The second-order valence-electron chi connectivity index (χ2n) is 5.70. The monoisotopic (exact) mass is 343 g/mol. The number of hydrogen-bond donors (Lipinski definition) is 1. The molecular formula is C21H17N3O2. The van der Waals surface area contributed by atoms with Crippen molar-refractivity contribution >= 4 is 35.4 Å². The van der Waals surface area contributed by atoms with E-state index < -0.39 is 4.92 Å². The van der Waals surface area contributed by atoms with Crippen LogP contribution in [0, 0.1) is 10.1 Å². The van der Waals surface area contributed by atoms with E-state index in [-0.39, 0.29) is 5.69 Å². The number of benzene rings is 3. The quantitative estimate of drug-likeness (QED) is 0.230. The number of nitrogen functional groups attached to an aromatic ring is 1. The highest BCUT2D eigenvalue weighted by Crippen LogP contribution is 2.17. The zero-order valence-corrected chi connectivity index (χ0v) is 13.9. The molecule has 0 radical (unpaired) electrons. The highest BCUT2D eigenvalue weighted by molar-refractivity contribution is 5.82. The molecule has 0 bridgehead atoms. The molecule has 0 saturated carbocycles. The van der Waals surface area contributed by atoms with Crippen molar-refractivity contribution in [3.63, 3.8) is 0 Å². The standard InChI is InChI=1S/C21H17N3O2/c22-19-9-3-16(4-10-19)1-2-17-5-11-20(12-6-17)23-15-18-7-13-21(14-8-18)24(25)26/h1-15H,22H2/b2-1+,23-15?. The van der Waals surface area contributed by atoms with Gasteiger partial charge in [-0.3, -0.25) is 15.1 Å². The minimum Gasteiger partial charge on any atom is -0.399 e. The van der Waals surface area contributed by atoms with Crippen LogP contribution in [0.15, 0.2) is 77.8 Å². The normalized spacial score (nSPS) is 11.2. The van der Waals surface area contributed by atoms with E-state index in [0.29, 0.717) is 0 Å².